The van der Waals surface area contributed by atoms with E-state index >= 15 is 0 Å². The van der Waals surface area contributed by atoms with Gasteiger partial charge in [-0.3, -0.25) is 4.90 Å². The largest absolute Gasteiger partial charge is 0.337 e. The normalized spacial score (nSPS) is 14.1. The van der Waals surface area contributed by atoms with Crippen molar-refractivity contribution in [3.63, 3.8) is 0 Å². The zero-order chi connectivity index (χ0) is 16.9. The SMILES string of the molecule is Cc1cccc(NC(=O)NCCN2CCc3ccccc3C2)c1C. The van der Waals surface area contributed by atoms with Gasteiger partial charge < -0.3 is 10.6 Å². The van der Waals surface area contributed by atoms with E-state index in [0.717, 1.165) is 37.3 Å². The predicted molar refractivity (Wildman–Crippen MR) is 98.4 cm³/mol. The van der Waals surface area contributed by atoms with Gasteiger partial charge >= 0.3 is 6.03 Å². The van der Waals surface area contributed by atoms with Gasteiger partial charge in [-0.1, -0.05) is 36.4 Å². The molecule has 0 bridgehead atoms. The summed E-state index contributed by atoms with van der Waals surface area (Å²) < 4.78 is 0. The lowest BCUT2D eigenvalue weighted by atomic mass is 10.00. The van der Waals surface area contributed by atoms with Crippen LogP contribution in [0, 0.1) is 13.8 Å². The first-order valence-corrected chi connectivity index (χ1v) is 8.53. The van der Waals surface area contributed by atoms with Crippen LogP contribution in [0.25, 0.3) is 0 Å². The number of anilines is 1. The van der Waals surface area contributed by atoms with Crippen LogP contribution in [0.5, 0.6) is 0 Å². The number of carbonyl (C=O) groups is 1. The molecular formula is C20H25N3O. The molecule has 0 radical (unpaired) electrons. The average Bonchev–Trinajstić information content (AvgIpc) is 2.59. The number of benzene rings is 2. The number of hydrogen-bond donors (Lipinski definition) is 2. The first-order chi connectivity index (χ1) is 11.6. The maximum Gasteiger partial charge on any atom is 0.319 e. The summed E-state index contributed by atoms with van der Waals surface area (Å²) in [4.78, 5) is 14.5. The highest BCUT2D eigenvalue weighted by atomic mass is 16.2. The maximum atomic E-state index is 12.1. The molecule has 4 nitrogen and oxygen atoms in total. The van der Waals surface area contributed by atoms with Gasteiger partial charge in [-0.2, -0.15) is 0 Å². The summed E-state index contributed by atoms with van der Waals surface area (Å²) in [6.45, 7) is 7.61. The monoisotopic (exact) mass is 323 g/mol. The minimum absolute atomic E-state index is 0.138. The predicted octanol–water partition coefficient (Wildman–Crippen LogP) is 3.48. The Morgan fingerprint density at radius 3 is 2.71 bits per heavy atom. The van der Waals surface area contributed by atoms with E-state index in [1.54, 1.807) is 0 Å². The first-order valence-electron chi connectivity index (χ1n) is 8.53. The van der Waals surface area contributed by atoms with Crippen molar-refractivity contribution in [3.05, 3.63) is 64.7 Å². The highest BCUT2D eigenvalue weighted by Gasteiger charge is 2.15. The second kappa shape index (κ2) is 7.49. The molecule has 2 aromatic carbocycles. The lowest BCUT2D eigenvalue weighted by Gasteiger charge is -2.28. The second-order valence-corrected chi connectivity index (χ2v) is 6.42. The van der Waals surface area contributed by atoms with Crippen LogP contribution in [0.1, 0.15) is 22.3 Å². The fraction of sp³-hybridized carbons (Fsp3) is 0.350. The molecule has 0 saturated heterocycles. The summed E-state index contributed by atoms with van der Waals surface area (Å²) >= 11 is 0. The molecular weight excluding hydrogens is 298 g/mol. The van der Waals surface area contributed by atoms with Crippen molar-refractivity contribution < 1.29 is 4.79 Å². The fourth-order valence-electron chi connectivity index (χ4n) is 3.13. The van der Waals surface area contributed by atoms with Gasteiger partial charge in [0.15, 0.2) is 0 Å². The number of nitrogens with one attached hydrogen (secondary N) is 2. The van der Waals surface area contributed by atoms with Crippen LogP contribution >= 0.6 is 0 Å². The highest BCUT2D eigenvalue weighted by molar-refractivity contribution is 5.90. The van der Waals surface area contributed by atoms with E-state index in [-0.39, 0.29) is 6.03 Å². The van der Waals surface area contributed by atoms with Crippen molar-refractivity contribution in [2.75, 3.05) is 25.0 Å². The number of aryl methyl sites for hydroxylation is 1. The highest BCUT2D eigenvalue weighted by Crippen LogP contribution is 2.18. The standard InChI is InChI=1S/C20H25N3O/c1-15-6-5-9-19(16(15)2)22-20(24)21-11-13-23-12-10-17-7-3-4-8-18(17)14-23/h3-9H,10-14H2,1-2H3,(H2,21,22,24). The van der Waals surface area contributed by atoms with Crippen molar-refractivity contribution >= 4 is 11.7 Å². The molecule has 1 heterocycles. The van der Waals surface area contributed by atoms with Crippen LogP contribution in [-0.2, 0) is 13.0 Å². The number of rotatable bonds is 4. The molecule has 2 amide bonds. The molecule has 2 aromatic rings. The topological polar surface area (TPSA) is 44.4 Å². The third kappa shape index (κ3) is 3.95. The second-order valence-electron chi connectivity index (χ2n) is 6.42. The Morgan fingerprint density at radius 2 is 1.88 bits per heavy atom. The molecule has 0 atom stereocenters. The Hall–Kier alpha value is -2.33. The third-order valence-electron chi connectivity index (χ3n) is 4.78. The van der Waals surface area contributed by atoms with Crippen LogP contribution in [0.15, 0.2) is 42.5 Å². The summed E-state index contributed by atoms with van der Waals surface area (Å²) in [7, 11) is 0. The van der Waals surface area contributed by atoms with E-state index in [2.05, 4.69) is 39.8 Å². The van der Waals surface area contributed by atoms with E-state index in [4.69, 9.17) is 0 Å². The van der Waals surface area contributed by atoms with Crippen LogP contribution < -0.4 is 10.6 Å². The zero-order valence-electron chi connectivity index (χ0n) is 14.4. The molecule has 0 unspecified atom stereocenters. The van der Waals surface area contributed by atoms with Crippen molar-refractivity contribution in [1.29, 1.82) is 0 Å². The first kappa shape index (κ1) is 16.5. The van der Waals surface area contributed by atoms with Gasteiger partial charge in [0.1, 0.15) is 0 Å². The van der Waals surface area contributed by atoms with Crippen molar-refractivity contribution in [1.82, 2.24) is 10.2 Å². The van der Waals surface area contributed by atoms with Crippen LogP contribution in [0.4, 0.5) is 10.5 Å². The number of hydrogen-bond acceptors (Lipinski definition) is 2. The van der Waals surface area contributed by atoms with E-state index in [1.807, 2.05) is 32.0 Å². The number of amides is 2. The van der Waals surface area contributed by atoms with Crippen LogP contribution in [0.2, 0.25) is 0 Å². The Kier molecular flexibility index (Phi) is 5.16. The summed E-state index contributed by atoms with van der Waals surface area (Å²) in [5.41, 5.74) is 6.03. The molecule has 3 rings (SSSR count). The van der Waals surface area contributed by atoms with Gasteiger partial charge in [-0.05, 0) is 48.6 Å². The smallest absolute Gasteiger partial charge is 0.319 e. The van der Waals surface area contributed by atoms with E-state index in [0.29, 0.717) is 6.54 Å². The van der Waals surface area contributed by atoms with Gasteiger partial charge in [-0.15, -0.1) is 0 Å². The third-order valence-corrected chi connectivity index (χ3v) is 4.78. The summed E-state index contributed by atoms with van der Waals surface area (Å²) in [6.07, 6.45) is 1.09. The van der Waals surface area contributed by atoms with Gasteiger partial charge in [0.05, 0.1) is 0 Å². The Balaban J connectivity index is 1.45. The molecule has 0 saturated carbocycles. The fourth-order valence-corrected chi connectivity index (χ4v) is 3.13. The maximum absolute atomic E-state index is 12.1. The van der Waals surface area contributed by atoms with Crippen molar-refractivity contribution in [2.24, 2.45) is 0 Å². The number of urea groups is 1. The molecule has 126 valence electrons. The molecule has 1 aliphatic rings. The molecule has 24 heavy (non-hydrogen) atoms. The molecule has 0 spiro atoms. The average molecular weight is 323 g/mol. The van der Waals surface area contributed by atoms with Crippen LogP contribution in [-0.4, -0.2) is 30.6 Å². The summed E-state index contributed by atoms with van der Waals surface area (Å²) in [5, 5.41) is 5.89. The molecule has 0 aromatic heterocycles. The minimum Gasteiger partial charge on any atom is -0.337 e. The minimum atomic E-state index is -0.138. The number of nitrogens with zero attached hydrogens (tertiary/aromatic N) is 1. The van der Waals surface area contributed by atoms with E-state index < -0.39 is 0 Å². The van der Waals surface area contributed by atoms with Crippen molar-refractivity contribution in [2.45, 2.75) is 26.8 Å². The van der Waals surface area contributed by atoms with E-state index in [1.165, 1.54) is 16.7 Å². The Bertz CT molecular complexity index is 727. The molecule has 4 heteroatoms. The summed E-state index contributed by atoms with van der Waals surface area (Å²) in [5.74, 6) is 0. The van der Waals surface area contributed by atoms with Gasteiger partial charge in [0.25, 0.3) is 0 Å². The molecule has 0 fully saturated rings. The lowest BCUT2D eigenvalue weighted by Crippen LogP contribution is -2.39. The molecule has 0 aliphatic carbocycles. The molecule has 1 aliphatic heterocycles. The van der Waals surface area contributed by atoms with E-state index in [9.17, 15) is 4.79 Å². The number of carbonyl (C=O) groups excluding carboxylic acids is 1. The van der Waals surface area contributed by atoms with Gasteiger partial charge in [0, 0.05) is 31.9 Å². The van der Waals surface area contributed by atoms with Crippen LogP contribution in [0.3, 0.4) is 0 Å². The number of fused-ring (bicyclic) bond motifs is 1. The molecule has 2 N–H and O–H groups in total. The van der Waals surface area contributed by atoms with Crippen molar-refractivity contribution in [3.8, 4) is 0 Å². The summed E-state index contributed by atoms with van der Waals surface area (Å²) in [6, 6.07) is 14.4. The zero-order valence-corrected chi connectivity index (χ0v) is 14.4. The Morgan fingerprint density at radius 1 is 1.08 bits per heavy atom. The Labute approximate surface area is 143 Å². The quantitative estimate of drug-likeness (QED) is 0.905. The van der Waals surface area contributed by atoms with Gasteiger partial charge in [0.2, 0.25) is 0 Å². The lowest BCUT2D eigenvalue weighted by molar-refractivity contribution is 0.239. The van der Waals surface area contributed by atoms with Gasteiger partial charge in [-0.25, -0.2) is 4.79 Å².